The molecule has 0 heterocycles. The molecule has 8 heteroatoms. The summed E-state index contributed by atoms with van der Waals surface area (Å²) in [5.74, 6) is 1.48. The molecule has 0 bridgehead atoms. The molecule has 3 N–H and O–H groups in total. The lowest BCUT2D eigenvalue weighted by Gasteiger charge is -2.33. The van der Waals surface area contributed by atoms with Crippen molar-refractivity contribution in [3.63, 3.8) is 0 Å². The first kappa shape index (κ1) is 27.4. The summed E-state index contributed by atoms with van der Waals surface area (Å²) >= 11 is 0. The molecule has 0 spiro atoms. The van der Waals surface area contributed by atoms with Gasteiger partial charge in [0.2, 0.25) is 11.8 Å². The highest BCUT2D eigenvalue weighted by Crippen LogP contribution is 2.25. The van der Waals surface area contributed by atoms with Crippen LogP contribution in [0.25, 0.3) is 0 Å². The van der Waals surface area contributed by atoms with E-state index in [1.54, 1.807) is 52.0 Å². The Hall–Kier alpha value is -3.83. The number of carbonyl (C=O) groups is 3. The Morgan fingerprint density at radius 1 is 1.09 bits per heavy atom. The summed E-state index contributed by atoms with van der Waals surface area (Å²) in [5.41, 5.74) is 1.02. The van der Waals surface area contributed by atoms with E-state index in [0.29, 0.717) is 11.1 Å². The van der Waals surface area contributed by atoms with E-state index in [2.05, 4.69) is 16.6 Å². The Bertz CT molecular complexity index is 1060. The summed E-state index contributed by atoms with van der Waals surface area (Å²) in [4.78, 5) is 40.5. The smallest absolute Gasteiger partial charge is 0.408 e. The highest BCUT2D eigenvalue weighted by Gasteiger charge is 2.36. The van der Waals surface area contributed by atoms with E-state index in [0.717, 1.165) is 5.56 Å². The molecule has 0 radical (unpaired) electrons. The molecule has 35 heavy (non-hydrogen) atoms. The molecule has 3 amide bonds. The molecule has 2 aromatic rings. The average Bonchev–Trinajstić information content (AvgIpc) is 2.83. The van der Waals surface area contributed by atoms with Crippen LogP contribution in [0.3, 0.4) is 0 Å². The molecule has 8 nitrogen and oxygen atoms in total. The van der Waals surface area contributed by atoms with Gasteiger partial charge in [-0.25, -0.2) is 4.79 Å². The van der Waals surface area contributed by atoms with Gasteiger partial charge in [0.1, 0.15) is 17.7 Å². The largest absolute Gasteiger partial charge is 0.444 e. The second-order valence-electron chi connectivity index (χ2n) is 8.84. The van der Waals surface area contributed by atoms with Gasteiger partial charge in [0.05, 0.1) is 6.61 Å². The van der Waals surface area contributed by atoms with Gasteiger partial charge in [0.15, 0.2) is 0 Å². The standard InChI is InChI=1S/C27H33N3O5/c1-6-20-15-11-12-16-21(20)23(24(32)28-17-19-13-9-8-10-14-19)30(7-2)25(33)22(18-31)29-26(34)35-27(3,4)5/h1,8-16,22-23,31H,7,17-18H2,2-5H3,(H,28,32)(H,29,34). The van der Waals surface area contributed by atoms with Gasteiger partial charge in [-0.05, 0) is 44.9 Å². The van der Waals surface area contributed by atoms with Crippen molar-refractivity contribution < 1.29 is 24.2 Å². The van der Waals surface area contributed by atoms with Gasteiger partial charge in [-0.3, -0.25) is 9.59 Å². The third-order valence-corrected chi connectivity index (χ3v) is 5.08. The Kier molecular flexibility index (Phi) is 9.86. The molecule has 2 unspecified atom stereocenters. The van der Waals surface area contributed by atoms with Gasteiger partial charge in [-0.1, -0.05) is 54.5 Å². The molecule has 2 atom stereocenters. The number of benzene rings is 2. The predicted octanol–water partition coefficient (Wildman–Crippen LogP) is 2.76. The van der Waals surface area contributed by atoms with Crippen LogP contribution in [0.1, 0.15) is 50.4 Å². The third-order valence-electron chi connectivity index (χ3n) is 5.08. The zero-order valence-electron chi connectivity index (χ0n) is 20.6. The van der Waals surface area contributed by atoms with Crippen LogP contribution in [0, 0.1) is 12.3 Å². The molecule has 2 rings (SSSR count). The van der Waals surface area contributed by atoms with Crippen LogP contribution in [0.5, 0.6) is 0 Å². The number of rotatable bonds is 9. The fraction of sp³-hybridized carbons (Fsp3) is 0.370. The molecule has 0 saturated carbocycles. The van der Waals surface area contributed by atoms with Gasteiger partial charge in [-0.2, -0.15) is 0 Å². The lowest BCUT2D eigenvalue weighted by molar-refractivity contribution is -0.143. The maximum absolute atomic E-state index is 13.5. The van der Waals surface area contributed by atoms with E-state index in [-0.39, 0.29) is 13.1 Å². The van der Waals surface area contributed by atoms with E-state index in [1.165, 1.54) is 4.90 Å². The number of aliphatic hydroxyl groups excluding tert-OH is 1. The first-order valence-corrected chi connectivity index (χ1v) is 11.4. The summed E-state index contributed by atoms with van der Waals surface area (Å²) in [7, 11) is 0. The first-order chi connectivity index (χ1) is 16.6. The van der Waals surface area contributed by atoms with Crippen LogP contribution in [-0.4, -0.2) is 52.7 Å². The van der Waals surface area contributed by atoms with Crippen molar-refractivity contribution in [1.29, 1.82) is 0 Å². The van der Waals surface area contributed by atoms with Crippen LogP contribution < -0.4 is 10.6 Å². The lowest BCUT2D eigenvalue weighted by Crippen LogP contribution is -2.54. The first-order valence-electron chi connectivity index (χ1n) is 11.4. The van der Waals surface area contributed by atoms with Crippen molar-refractivity contribution in [2.24, 2.45) is 0 Å². The van der Waals surface area contributed by atoms with Crippen molar-refractivity contribution in [3.05, 3.63) is 71.3 Å². The fourth-order valence-corrected chi connectivity index (χ4v) is 3.50. The normalized spacial score (nSPS) is 12.6. The minimum absolute atomic E-state index is 0.119. The van der Waals surface area contributed by atoms with Gasteiger partial charge < -0.3 is 25.4 Å². The quantitative estimate of drug-likeness (QED) is 0.480. The Labute approximate surface area is 206 Å². The van der Waals surface area contributed by atoms with Crippen LogP contribution in [-0.2, 0) is 20.9 Å². The minimum Gasteiger partial charge on any atom is -0.444 e. The average molecular weight is 480 g/mol. The Balaban J connectivity index is 2.37. The lowest BCUT2D eigenvalue weighted by atomic mass is 9.97. The van der Waals surface area contributed by atoms with Crippen LogP contribution >= 0.6 is 0 Å². The zero-order valence-corrected chi connectivity index (χ0v) is 20.6. The molecule has 0 aliphatic carbocycles. The van der Waals surface area contributed by atoms with E-state index in [9.17, 15) is 19.5 Å². The van der Waals surface area contributed by atoms with Crippen LogP contribution in [0.15, 0.2) is 54.6 Å². The van der Waals surface area contributed by atoms with Crippen molar-refractivity contribution in [2.45, 2.75) is 51.9 Å². The second-order valence-corrected chi connectivity index (χ2v) is 8.84. The van der Waals surface area contributed by atoms with Crippen molar-refractivity contribution in [2.75, 3.05) is 13.2 Å². The zero-order chi connectivity index (χ0) is 26.0. The van der Waals surface area contributed by atoms with E-state index in [4.69, 9.17) is 11.2 Å². The van der Waals surface area contributed by atoms with Crippen molar-refractivity contribution in [3.8, 4) is 12.3 Å². The predicted molar refractivity (Wildman–Crippen MR) is 133 cm³/mol. The monoisotopic (exact) mass is 479 g/mol. The number of likely N-dealkylation sites (N-methyl/N-ethyl adjacent to an activating group) is 1. The summed E-state index contributed by atoms with van der Waals surface area (Å²) in [6.45, 7) is 6.45. The Morgan fingerprint density at radius 3 is 2.29 bits per heavy atom. The SMILES string of the molecule is C#Cc1ccccc1C(C(=O)NCc1ccccc1)N(CC)C(=O)C(CO)NC(=O)OC(C)(C)C. The second kappa shape index (κ2) is 12.6. The summed E-state index contributed by atoms with van der Waals surface area (Å²) in [6, 6.07) is 13.8. The molecule has 0 aliphatic rings. The molecule has 0 fully saturated rings. The van der Waals surface area contributed by atoms with Crippen LogP contribution in [0.2, 0.25) is 0 Å². The van der Waals surface area contributed by atoms with Gasteiger partial charge >= 0.3 is 6.09 Å². The highest BCUT2D eigenvalue weighted by atomic mass is 16.6. The number of hydrogen-bond acceptors (Lipinski definition) is 5. The van der Waals surface area contributed by atoms with Gasteiger partial charge in [0, 0.05) is 18.7 Å². The number of alkyl carbamates (subject to hydrolysis) is 1. The number of nitrogens with one attached hydrogen (secondary N) is 2. The number of carbonyl (C=O) groups excluding carboxylic acids is 3. The van der Waals surface area contributed by atoms with Gasteiger partial charge in [-0.15, -0.1) is 6.42 Å². The van der Waals surface area contributed by atoms with Gasteiger partial charge in [0.25, 0.3) is 0 Å². The molecular weight excluding hydrogens is 446 g/mol. The molecule has 2 aromatic carbocycles. The molecule has 0 aliphatic heterocycles. The third kappa shape index (κ3) is 7.87. The number of hydrogen-bond donors (Lipinski definition) is 3. The topological polar surface area (TPSA) is 108 Å². The van der Waals surface area contributed by atoms with Crippen molar-refractivity contribution >= 4 is 17.9 Å². The van der Waals surface area contributed by atoms with Crippen LogP contribution in [0.4, 0.5) is 4.79 Å². The summed E-state index contributed by atoms with van der Waals surface area (Å²) in [6.07, 6.45) is 4.83. The number of amides is 3. The highest BCUT2D eigenvalue weighted by molar-refractivity contribution is 5.92. The molecule has 0 saturated heterocycles. The van der Waals surface area contributed by atoms with E-state index in [1.807, 2.05) is 30.3 Å². The maximum atomic E-state index is 13.5. The Morgan fingerprint density at radius 2 is 1.71 bits per heavy atom. The summed E-state index contributed by atoms with van der Waals surface area (Å²) in [5, 5.41) is 15.1. The number of ether oxygens (including phenoxy) is 1. The molecular formula is C27H33N3O5. The summed E-state index contributed by atoms with van der Waals surface area (Å²) < 4.78 is 5.21. The molecule has 0 aromatic heterocycles. The maximum Gasteiger partial charge on any atom is 0.408 e. The fourth-order valence-electron chi connectivity index (χ4n) is 3.50. The van der Waals surface area contributed by atoms with E-state index >= 15 is 0 Å². The van der Waals surface area contributed by atoms with Crippen molar-refractivity contribution in [1.82, 2.24) is 15.5 Å². The number of terminal acetylenes is 1. The number of aliphatic hydroxyl groups is 1. The molecule has 186 valence electrons. The minimum atomic E-state index is -1.31. The van der Waals surface area contributed by atoms with E-state index < -0.39 is 42.2 Å². The number of nitrogens with zero attached hydrogens (tertiary/aromatic N) is 1.